The second-order valence-electron chi connectivity index (χ2n) is 19.6. The van der Waals surface area contributed by atoms with Gasteiger partial charge in [-0.2, -0.15) is 9.97 Å². The van der Waals surface area contributed by atoms with Crippen LogP contribution in [0, 0.1) is 0 Å². The first-order chi connectivity index (χ1) is 33.8. The number of anilines is 3. The Kier molecular flexibility index (Phi) is 8.48. The van der Waals surface area contributed by atoms with Crippen molar-refractivity contribution in [1.29, 1.82) is 0 Å². The minimum Gasteiger partial charge on any atom is -0.309 e. The number of para-hydroxylation sites is 3. The molecule has 69 heavy (non-hydrogen) atoms. The lowest BCUT2D eigenvalue weighted by Gasteiger charge is -2.31. The standard InChI is InChI=1S/C63H45N5S/c1-62(2)48-28-12-9-22-41(48)47-37-38(35-36-50(47)62)59-64-60(46-27-16-26-44-42-23-10-14-30-51(42)67(58(44)46)39-19-6-5-7-20-39)66-61(65-59)68(52-31-18-34-55-56(52)45-24-11-15-33-54(45)69-55)53-32-17-25-43-40-21-8-13-29-49(40)63(3,4)57(43)53/h5-37H,1-4H3. The van der Waals surface area contributed by atoms with Gasteiger partial charge in [-0.1, -0.05) is 173 Å². The zero-order valence-corrected chi connectivity index (χ0v) is 39.5. The smallest absolute Gasteiger partial charge is 0.238 e. The quantitative estimate of drug-likeness (QED) is 0.167. The third-order valence-electron chi connectivity index (χ3n) is 15.0. The lowest BCUT2D eigenvalue weighted by atomic mass is 9.81. The van der Waals surface area contributed by atoms with E-state index in [4.69, 9.17) is 15.0 Å². The summed E-state index contributed by atoms with van der Waals surface area (Å²) in [5.74, 6) is 1.77. The van der Waals surface area contributed by atoms with Crippen molar-refractivity contribution in [2.24, 2.45) is 0 Å². The van der Waals surface area contributed by atoms with Gasteiger partial charge < -0.3 is 4.57 Å². The van der Waals surface area contributed by atoms with Gasteiger partial charge in [-0.25, -0.2) is 4.98 Å². The average molecular weight is 904 g/mol. The summed E-state index contributed by atoms with van der Waals surface area (Å²) in [7, 11) is 0. The molecule has 3 aromatic heterocycles. The molecule has 0 aliphatic heterocycles. The third kappa shape index (κ3) is 5.73. The van der Waals surface area contributed by atoms with E-state index in [1.54, 1.807) is 0 Å². The molecule has 0 saturated carbocycles. The van der Waals surface area contributed by atoms with Gasteiger partial charge in [0.25, 0.3) is 0 Å². The van der Waals surface area contributed by atoms with E-state index in [0.717, 1.165) is 44.6 Å². The summed E-state index contributed by atoms with van der Waals surface area (Å²) in [6, 6.07) is 72.6. The Bertz CT molecular complexity index is 4100. The van der Waals surface area contributed by atoms with Crippen LogP contribution in [0.4, 0.5) is 17.3 Å². The van der Waals surface area contributed by atoms with Crippen molar-refractivity contribution >= 4 is 70.6 Å². The highest BCUT2D eigenvalue weighted by atomic mass is 32.1. The minimum absolute atomic E-state index is 0.142. The van der Waals surface area contributed by atoms with E-state index in [1.165, 1.54) is 70.1 Å². The molecule has 0 fully saturated rings. The van der Waals surface area contributed by atoms with Gasteiger partial charge >= 0.3 is 0 Å². The lowest BCUT2D eigenvalue weighted by Crippen LogP contribution is -2.22. The van der Waals surface area contributed by atoms with Gasteiger partial charge in [-0.3, -0.25) is 4.90 Å². The Balaban J connectivity index is 1.11. The highest BCUT2D eigenvalue weighted by Gasteiger charge is 2.40. The van der Waals surface area contributed by atoms with Crippen LogP contribution < -0.4 is 4.90 Å². The van der Waals surface area contributed by atoms with Gasteiger partial charge in [0.05, 0.1) is 22.4 Å². The molecule has 2 aliphatic carbocycles. The molecule has 6 heteroatoms. The molecule has 0 radical (unpaired) electrons. The topological polar surface area (TPSA) is 46.8 Å². The molecule has 0 unspecified atom stereocenters. The number of hydrogen-bond donors (Lipinski definition) is 0. The van der Waals surface area contributed by atoms with E-state index >= 15 is 0 Å². The number of benzene rings is 9. The fourth-order valence-electron chi connectivity index (χ4n) is 11.9. The van der Waals surface area contributed by atoms with E-state index in [2.05, 4.69) is 237 Å². The second-order valence-corrected chi connectivity index (χ2v) is 20.6. The number of aromatic nitrogens is 4. The molecule has 0 amide bonds. The largest absolute Gasteiger partial charge is 0.309 e. The summed E-state index contributed by atoms with van der Waals surface area (Å²) < 4.78 is 4.82. The maximum Gasteiger partial charge on any atom is 0.238 e. The Labute approximate surface area is 404 Å². The predicted octanol–water partition coefficient (Wildman–Crippen LogP) is 16.8. The third-order valence-corrected chi connectivity index (χ3v) is 16.2. The second kappa shape index (κ2) is 14.7. The fraction of sp³-hybridized carbons (Fsp3) is 0.0952. The molecule has 14 rings (SSSR count). The molecule has 2 aliphatic rings. The van der Waals surface area contributed by atoms with E-state index in [-0.39, 0.29) is 10.8 Å². The van der Waals surface area contributed by atoms with Crippen LogP contribution in [0.15, 0.2) is 200 Å². The van der Waals surface area contributed by atoms with Crippen LogP contribution in [0.5, 0.6) is 0 Å². The van der Waals surface area contributed by atoms with Gasteiger partial charge in [0.2, 0.25) is 5.95 Å². The highest BCUT2D eigenvalue weighted by Crippen LogP contribution is 2.56. The Morgan fingerprint density at radius 3 is 1.87 bits per heavy atom. The van der Waals surface area contributed by atoms with Crippen LogP contribution >= 0.6 is 11.3 Å². The molecule has 0 N–H and O–H groups in total. The summed E-state index contributed by atoms with van der Waals surface area (Å²) in [5.41, 5.74) is 16.9. The highest BCUT2D eigenvalue weighted by molar-refractivity contribution is 7.26. The Hall–Kier alpha value is -8.19. The number of rotatable bonds is 6. The zero-order valence-electron chi connectivity index (χ0n) is 38.7. The van der Waals surface area contributed by atoms with Crippen molar-refractivity contribution in [3.8, 4) is 50.7 Å². The molecule has 0 atom stereocenters. The van der Waals surface area contributed by atoms with Gasteiger partial charge in [-0.05, 0) is 99.1 Å². The summed E-state index contributed by atoms with van der Waals surface area (Å²) in [4.78, 5) is 19.4. The van der Waals surface area contributed by atoms with Crippen LogP contribution in [0.25, 0.3) is 92.7 Å². The summed E-state index contributed by atoms with van der Waals surface area (Å²) in [6.45, 7) is 9.37. The summed E-state index contributed by atoms with van der Waals surface area (Å²) in [5, 5.41) is 4.69. The predicted molar refractivity (Wildman–Crippen MR) is 288 cm³/mol. The molecule has 0 saturated heterocycles. The van der Waals surface area contributed by atoms with Crippen molar-refractivity contribution in [1.82, 2.24) is 19.5 Å². The Morgan fingerprint density at radius 2 is 1.03 bits per heavy atom. The molecule has 3 heterocycles. The van der Waals surface area contributed by atoms with Crippen LogP contribution in [-0.2, 0) is 10.8 Å². The van der Waals surface area contributed by atoms with Crippen LogP contribution in [-0.4, -0.2) is 19.5 Å². The first-order valence-corrected chi connectivity index (χ1v) is 24.6. The van der Waals surface area contributed by atoms with Gasteiger partial charge in [0, 0.05) is 58.6 Å². The molecular weight excluding hydrogens is 859 g/mol. The van der Waals surface area contributed by atoms with Gasteiger partial charge in [-0.15, -0.1) is 11.3 Å². The van der Waals surface area contributed by atoms with Crippen molar-refractivity contribution in [3.63, 3.8) is 0 Å². The van der Waals surface area contributed by atoms with Gasteiger partial charge in [0.15, 0.2) is 11.6 Å². The summed E-state index contributed by atoms with van der Waals surface area (Å²) in [6.07, 6.45) is 0. The molecule has 0 bridgehead atoms. The average Bonchev–Trinajstić information content (AvgIpc) is 4.08. The fourth-order valence-corrected chi connectivity index (χ4v) is 13.0. The molecule has 0 spiro atoms. The maximum absolute atomic E-state index is 5.76. The lowest BCUT2D eigenvalue weighted by molar-refractivity contribution is 0.660. The summed E-state index contributed by atoms with van der Waals surface area (Å²) >= 11 is 1.82. The number of nitrogens with zero attached hydrogens (tertiary/aromatic N) is 5. The molecule has 328 valence electrons. The van der Waals surface area contributed by atoms with E-state index in [1.807, 2.05) is 11.3 Å². The number of thiophene rings is 1. The van der Waals surface area contributed by atoms with E-state index in [9.17, 15) is 0 Å². The Morgan fingerprint density at radius 1 is 0.435 bits per heavy atom. The van der Waals surface area contributed by atoms with E-state index < -0.39 is 0 Å². The number of fused-ring (bicyclic) bond motifs is 12. The van der Waals surface area contributed by atoms with Gasteiger partial charge in [0.1, 0.15) is 0 Å². The van der Waals surface area contributed by atoms with Crippen molar-refractivity contribution in [2.45, 2.75) is 38.5 Å². The monoisotopic (exact) mass is 903 g/mol. The normalized spacial score (nSPS) is 14.0. The SMILES string of the molecule is CC1(C)c2ccccc2-c2cc(-c3nc(-c4cccc5c6ccccc6n(-c6ccccc6)c45)nc(N(c4cccc5c4C(C)(C)c4ccccc4-5)c4cccc5sc6ccccc6c45)n3)ccc21. The van der Waals surface area contributed by atoms with Crippen LogP contribution in [0.1, 0.15) is 49.9 Å². The molecule has 5 nitrogen and oxygen atoms in total. The number of hydrogen-bond acceptors (Lipinski definition) is 5. The first kappa shape index (κ1) is 39.9. The first-order valence-electron chi connectivity index (χ1n) is 23.8. The molecule has 12 aromatic rings. The van der Waals surface area contributed by atoms with Crippen LogP contribution in [0.3, 0.4) is 0 Å². The van der Waals surface area contributed by atoms with E-state index in [0.29, 0.717) is 17.6 Å². The van der Waals surface area contributed by atoms with Crippen molar-refractivity contribution in [3.05, 3.63) is 222 Å². The van der Waals surface area contributed by atoms with Crippen molar-refractivity contribution < 1.29 is 0 Å². The maximum atomic E-state index is 5.76. The molecule has 9 aromatic carbocycles. The zero-order chi connectivity index (χ0) is 46.2. The molecular formula is C63H45N5S. The van der Waals surface area contributed by atoms with Crippen LogP contribution in [0.2, 0.25) is 0 Å². The minimum atomic E-state index is -0.327. The van der Waals surface area contributed by atoms with Crippen molar-refractivity contribution in [2.75, 3.05) is 4.90 Å².